The normalized spacial score (nSPS) is 11.8. The highest BCUT2D eigenvalue weighted by Crippen LogP contribution is 2.27. The minimum Gasteiger partial charge on any atom is -0.481 e. The number of nitrogens with one attached hydrogen (secondary N) is 1. The van der Waals surface area contributed by atoms with E-state index in [9.17, 15) is 4.79 Å². The average molecular weight is 345 g/mol. The van der Waals surface area contributed by atoms with Crippen molar-refractivity contribution in [1.82, 2.24) is 0 Å². The van der Waals surface area contributed by atoms with E-state index in [1.165, 1.54) is 0 Å². The van der Waals surface area contributed by atoms with Gasteiger partial charge in [-0.1, -0.05) is 34.8 Å². The molecule has 1 amide bonds. The van der Waals surface area contributed by atoms with Gasteiger partial charge in [0.05, 0.1) is 10.0 Å². The third-order valence-corrected chi connectivity index (χ3v) is 3.68. The summed E-state index contributed by atoms with van der Waals surface area (Å²) in [5.74, 6) is 0.201. The molecule has 3 nitrogen and oxygen atoms in total. The van der Waals surface area contributed by atoms with Gasteiger partial charge < -0.3 is 10.1 Å². The van der Waals surface area contributed by atoms with Crippen molar-refractivity contribution in [2.24, 2.45) is 0 Å². The standard InChI is InChI=1S/C15H12Cl3NO2/c1-9(21-12-6-7-13(17)14(18)8-12)15(20)19-11-4-2-10(16)3-5-11/h2-9H,1H3,(H,19,20). The Morgan fingerprint density at radius 3 is 2.33 bits per heavy atom. The summed E-state index contributed by atoms with van der Waals surface area (Å²) in [6.07, 6.45) is -0.682. The molecular formula is C15H12Cl3NO2. The van der Waals surface area contributed by atoms with Crippen molar-refractivity contribution in [2.45, 2.75) is 13.0 Å². The van der Waals surface area contributed by atoms with E-state index in [0.29, 0.717) is 26.5 Å². The summed E-state index contributed by atoms with van der Waals surface area (Å²) in [6, 6.07) is 11.7. The lowest BCUT2D eigenvalue weighted by Crippen LogP contribution is -2.30. The number of carbonyl (C=O) groups is 1. The van der Waals surface area contributed by atoms with Gasteiger partial charge in [0, 0.05) is 16.8 Å². The van der Waals surface area contributed by atoms with Crippen LogP contribution in [0.3, 0.4) is 0 Å². The summed E-state index contributed by atoms with van der Waals surface area (Å²) in [4.78, 5) is 12.0. The van der Waals surface area contributed by atoms with E-state index < -0.39 is 6.10 Å². The number of ether oxygens (including phenoxy) is 1. The fraction of sp³-hybridized carbons (Fsp3) is 0.133. The smallest absolute Gasteiger partial charge is 0.265 e. The van der Waals surface area contributed by atoms with E-state index in [1.807, 2.05) is 0 Å². The zero-order valence-electron chi connectivity index (χ0n) is 11.1. The van der Waals surface area contributed by atoms with Gasteiger partial charge >= 0.3 is 0 Å². The highest BCUT2D eigenvalue weighted by Gasteiger charge is 2.15. The molecule has 0 saturated heterocycles. The van der Waals surface area contributed by atoms with Gasteiger partial charge in [-0.15, -0.1) is 0 Å². The van der Waals surface area contributed by atoms with Gasteiger partial charge in [0.25, 0.3) is 5.91 Å². The molecular weight excluding hydrogens is 333 g/mol. The van der Waals surface area contributed by atoms with Crippen LogP contribution in [-0.2, 0) is 4.79 Å². The molecule has 0 spiro atoms. The van der Waals surface area contributed by atoms with E-state index >= 15 is 0 Å². The SMILES string of the molecule is CC(Oc1ccc(Cl)c(Cl)c1)C(=O)Nc1ccc(Cl)cc1. The fourth-order valence-electron chi connectivity index (χ4n) is 1.58. The monoisotopic (exact) mass is 343 g/mol. The lowest BCUT2D eigenvalue weighted by atomic mass is 10.3. The van der Waals surface area contributed by atoms with Crippen molar-refractivity contribution in [1.29, 1.82) is 0 Å². The molecule has 2 aromatic rings. The van der Waals surface area contributed by atoms with E-state index in [4.69, 9.17) is 39.5 Å². The zero-order chi connectivity index (χ0) is 15.4. The third kappa shape index (κ3) is 4.53. The van der Waals surface area contributed by atoms with Crippen molar-refractivity contribution in [3.8, 4) is 5.75 Å². The maximum Gasteiger partial charge on any atom is 0.265 e. The molecule has 0 aliphatic carbocycles. The third-order valence-electron chi connectivity index (χ3n) is 2.68. The van der Waals surface area contributed by atoms with Crippen LogP contribution in [0.1, 0.15) is 6.92 Å². The predicted octanol–water partition coefficient (Wildman–Crippen LogP) is 5.05. The Bertz CT molecular complexity index is 644. The highest BCUT2D eigenvalue weighted by molar-refractivity contribution is 6.42. The largest absolute Gasteiger partial charge is 0.481 e. The number of hydrogen-bond acceptors (Lipinski definition) is 2. The van der Waals surface area contributed by atoms with Crippen LogP contribution in [0.25, 0.3) is 0 Å². The average Bonchev–Trinajstić information content (AvgIpc) is 2.45. The van der Waals surface area contributed by atoms with Crippen molar-refractivity contribution in [3.63, 3.8) is 0 Å². The quantitative estimate of drug-likeness (QED) is 0.842. The zero-order valence-corrected chi connectivity index (χ0v) is 13.3. The van der Waals surface area contributed by atoms with Crippen molar-refractivity contribution >= 4 is 46.4 Å². The minimum atomic E-state index is -0.682. The summed E-state index contributed by atoms with van der Waals surface area (Å²) >= 11 is 17.5. The Balaban J connectivity index is 1.98. The lowest BCUT2D eigenvalue weighted by molar-refractivity contribution is -0.122. The Hall–Kier alpha value is -1.42. The molecule has 2 aromatic carbocycles. The Morgan fingerprint density at radius 1 is 1.05 bits per heavy atom. The topological polar surface area (TPSA) is 38.3 Å². The predicted molar refractivity (Wildman–Crippen MR) is 86.6 cm³/mol. The number of rotatable bonds is 4. The molecule has 2 rings (SSSR count). The molecule has 0 saturated carbocycles. The van der Waals surface area contributed by atoms with Gasteiger partial charge in [-0.3, -0.25) is 4.79 Å². The summed E-state index contributed by atoms with van der Waals surface area (Å²) in [5, 5.41) is 4.15. The van der Waals surface area contributed by atoms with E-state index in [0.717, 1.165) is 0 Å². The molecule has 0 heterocycles. The molecule has 0 fully saturated rings. The second-order valence-corrected chi connectivity index (χ2v) is 5.58. The van der Waals surface area contributed by atoms with Gasteiger partial charge in [0.2, 0.25) is 0 Å². The first-order valence-electron chi connectivity index (χ1n) is 6.14. The first-order valence-corrected chi connectivity index (χ1v) is 7.27. The van der Waals surface area contributed by atoms with E-state index in [-0.39, 0.29) is 5.91 Å². The fourth-order valence-corrected chi connectivity index (χ4v) is 2.00. The van der Waals surface area contributed by atoms with Gasteiger partial charge in [-0.25, -0.2) is 0 Å². The summed E-state index contributed by atoms with van der Waals surface area (Å²) in [5.41, 5.74) is 0.647. The Labute approximate surface area is 137 Å². The summed E-state index contributed by atoms with van der Waals surface area (Å²) < 4.78 is 5.53. The van der Waals surface area contributed by atoms with Crippen LogP contribution in [0.2, 0.25) is 15.1 Å². The second kappa shape index (κ2) is 7.03. The number of benzene rings is 2. The first-order chi connectivity index (χ1) is 9.95. The van der Waals surface area contributed by atoms with Crippen LogP contribution < -0.4 is 10.1 Å². The molecule has 1 N–H and O–H groups in total. The molecule has 6 heteroatoms. The van der Waals surface area contributed by atoms with Crippen LogP contribution in [0, 0.1) is 0 Å². The highest BCUT2D eigenvalue weighted by atomic mass is 35.5. The lowest BCUT2D eigenvalue weighted by Gasteiger charge is -2.15. The van der Waals surface area contributed by atoms with Crippen LogP contribution >= 0.6 is 34.8 Å². The first kappa shape index (κ1) is 16.0. The van der Waals surface area contributed by atoms with Crippen molar-refractivity contribution in [2.75, 3.05) is 5.32 Å². The van der Waals surface area contributed by atoms with Crippen molar-refractivity contribution in [3.05, 3.63) is 57.5 Å². The molecule has 0 aliphatic heterocycles. The molecule has 0 bridgehead atoms. The van der Waals surface area contributed by atoms with E-state index in [1.54, 1.807) is 49.4 Å². The van der Waals surface area contributed by atoms with E-state index in [2.05, 4.69) is 5.32 Å². The summed E-state index contributed by atoms with van der Waals surface area (Å²) in [6.45, 7) is 1.65. The Kier molecular flexibility index (Phi) is 5.34. The number of hydrogen-bond donors (Lipinski definition) is 1. The number of carbonyl (C=O) groups excluding carboxylic acids is 1. The molecule has 110 valence electrons. The number of anilines is 1. The number of halogens is 3. The molecule has 1 unspecified atom stereocenters. The van der Waals surface area contributed by atoms with Crippen LogP contribution in [0.15, 0.2) is 42.5 Å². The van der Waals surface area contributed by atoms with Gasteiger partial charge in [0.1, 0.15) is 5.75 Å². The summed E-state index contributed by atoms with van der Waals surface area (Å²) in [7, 11) is 0. The minimum absolute atomic E-state index is 0.275. The van der Waals surface area contributed by atoms with Crippen molar-refractivity contribution < 1.29 is 9.53 Å². The molecule has 0 radical (unpaired) electrons. The van der Waals surface area contributed by atoms with Gasteiger partial charge in [-0.05, 0) is 43.3 Å². The van der Waals surface area contributed by atoms with Gasteiger partial charge in [0.15, 0.2) is 6.10 Å². The molecule has 21 heavy (non-hydrogen) atoms. The molecule has 0 aliphatic rings. The maximum absolute atomic E-state index is 12.0. The maximum atomic E-state index is 12.0. The number of amides is 1. The van der Waals surface area contributed by atoms with Crippen LogP contribution in [0.4, 0.5) is 5.69 Å². The molecule has 1 atom stereocenters. The second-order valence-electron chi connectivity index (χ2n) is 4.33. The van der Waals surface area contributed by atoms with Crippen LogP contribution in [-0.4, -0.2) is 12.0 Å². The Morgan fingerprint density at radius 2 is 1.71 bits per heavy atom. The van der Waals surface area contributed by atoms with Crippen LogP contribution in [0.5, 0.6) is 5.75 Å². The molecule has 0 aromatic heterocycles. The van der Waals surface area contributed by atoms with Gasteiger partial charge in [-0.2, -0.15) is 0 Å².